The lowest BCUT2D eigenvalue weighted by atomic mass is 9.93. The molecule has 5 rings (SSSR count). The Morgan fingerprint density at radius 1 is 0.961 bits per heavy atom. The Bertz CT molecular complexity index is 1970. The van der Waals surface area contributed by atoms with Crippen LogP contribution in [0, 0.1) is 17.7 Å². The van der Waals surface area contributed by atoms with Crippen molar-refractivity contribution in [1.29, 1.82) is 0 Å². The van der Waals surface area contributed by atoms with Crippen LogP contribution in [0.25, 0.3) is 21.7 Å². The van der Waals surface area contributed by atoms with Gasteiger partial charge in [-0.05, 0) is 56.5 Å². The van der Waals surface area contributed by atoms with Crippen molar-refractivity contribution in [1.82, 2.24) is 4.98 Å². The number of thiophene rings is 1. The van der Waals surface area contributed by atoms with Crippen molar-refractivity contribution in [3.8, 4) is 33.5 Å². The van der Waals surface area contributed by atoms with Gasteiger partial charge >= 0.3 is 5.97 Å². The highest BCUT2D eigenvalue weighted by Crippen LogP contribution is 2.39. The zero-order valence-corrected chi connectivity index (χ0v) is 32.3. The van der Waals surface area contributed by atoms with Crippen LogP contribution in [0.3, 0.4) is 0 Å². The summed E-state index contributed by atoms with van der Waals surface area (Å²) in [5.74, 6) is 4.92. The molecule has 10 heteroatoms. The number of rotatable bonds is 13. The van der Waals surface area contributed by atoms with Gasteiger partial charge in [-0.3, -0.25) is 14.3 Å². The number of carbonyl (C=O) groups is 1. The highest BCUT2D eigenvalue weighted by atomic mass is 32.1. The first-order valence-electron chi connectivity index (χ1n) is 16.9. The summed E-state index contributed by atoms with van der Waals surface area (Å²) in [7, 11) is -5.88. The predicted octanol–water partition coefficient (Wildman–Crippen LogP) is 9.00. The Balaban J connectivity index is 1.42. The van der Waals surface area contributed by atoms with Gasteiger partial charge in [0.1, 0.15) is 12.4 Å². The van der Waals surface area contributed by atoms with Crippen LogP contribution >= 0.6 is 19.4 Å². The van der Waals surface area contributed by atoms with E-state index in [4.69, 9.17) is 13.9 Å². The van der Waals surface area contributed by atoms with Crippen LogP contribution < -0.4 is 10.4 Å². The van der Waals surface area contributed by atoms with Gasteiger partial charge in [0.25, 0.3) is 8.32 Å². The van der Waals surface area contributed by atoms with E-state index in [9.17, 15) is 18.9 Å². The average Bonchev–Trinajstić information content (AvgIpc) is 3.64. The fourth-order valence-electron chi connectivity index (χ4n) is 6.30. The van der Waals surface area contributed by atoms with E-state index in [1.54, 1.807) is 23.5 Å². The van der Waals surface area contributed by atoms with Crippen molar-refractivity contribution in [2.75, 3.05) is 12.8 Å². The first-order chi connectivity index (χ1) is 24.4. The van der Waals surface area contributed by atoms with E-state index in [1.807, 2.05) is 98.1 Å². The van der Waals surface area contributed by atoms with E-state index < -0.39 is 33.5 Å². The summed E-state index contributed by atoms with van der Waals surface area (Å²) in [6.07, 6.45) is -1.25. The number of carboxylic acid groups (broad SMARTS) is 1. The average molecular weight is 740 g/mol. The summed E-state index contributed by atoms with van der Waals surface area (Å²) in [4.78, 5) is 18.1. The smallest absolute Gasteiger partial charge is 0.305 e. The minimum absolute atomic E-state index is 0.0314. The molecule has 0 aliphatic rings. The number of benzene rings is 3. The zero-order valence-electron chi connectivity index (χ0n) is 29.5. The Labute approximate surface area is 305 Å². The first-order valence-corrected chi connectivity index (χ1v) is 21.2. The first kappa shape index (κ1) is 38.1. The lowest BCUT2D eigenvalue weighted by Gasteiger charge is -2.45. The second kappa shape index (κ2) is 16.9. The van der Waals surface area contributed by atoms with Crippen molar-refractivity contribution in [2.24, 2.45) is 0 Å². The second-order valence-corrected chi connectivity index (χ2v) is 20.3. The molecule has 51 heavy (non-hydrogen) atoms. The van der Waals surface area contributed by atoms with Crippen molar-refractivity contribution < 1.29 is 27.8 Å². The number of nitrogens with zero attached hydrogens (tertiary/aromatic N) is 1. The van der Waals surface area contributed by atoms with Crippen LogP contribution in [0.1, 0.15) is 58.2 Å². The van der Waals surface area contributed by atoms with Crippen LogP contribution in [0.2, 0.25) is 5.04 Å². The van der Waals surface area contributed by atoms with Crippen molar-refractivity contribution in [3.05, 3.63) is 126 Å². The van der Waals surface area contributed by atoms with Gasteiger partial charge < -0.3 is 14.1 Å². The van der Waals surface area contributed by atoms with Gasteiger partial charge in [0.2, 0.25) is 0 Å². The highest BCUT2D eigenvalue weighted by molar-refractivity contribution is 7.39. The minimum Gasteiger partial charge on any atom is -0.481 e. The molecule has 2 aromatic heterocycles. The van der Waals surface area contributed by atoms with E-state index in [0.29, 0.717) is 5.56 Å². The zero-order chi connectivity index (χ0) is 36.6. The van der Waals surface area contributed by atoms with Gasteiger partial charge in [0.15, 0.2) is 8.03 Å². The molecule has 0 radical (unpaired) electrons. The number of aromatic nitrogens is 1. The monoisotopic (exact) mass is 739 g/mol. The number of hydrogen-bond acceptors (Lipinski definition) is 6. The van der Waals surface area contributed by atoms with Crippen LogP contribution in [-0.2, 0) is 18.3 Å². The summed E-state index contributed by atoms with van der Waals surface area (Å²) >= 11 is 1.59. The van der Waals surface area contributed by atoms with Gasteiger partial charge in [0.05, 0.1) is 34.4 Å². The Morgan fingerprint density at radius 3 is 2.12 bits per heavy atom. The molecule has 0 bridgehead atoms. The molecule has 0 amide bonds. The molecule has 0 spiro atoms. The third-order valence-electron chi connectivity index (χ3n) is 8.60. The summed E-state index contributed by atoms with van der Waals surface area (Å²) in [6, 6.07) is 32.1. The molecule has 2 heterocycles. The number of halogens is 1. The van der Waals surface area contributed by atoms with Crippen LogP contribution in [0.4, 0.5) is 4.39 Å². The highest BCUT2D eigenvalue weighted by Gasteiger charge is 2.51. The quantitative estimate of drug-likeness (QED) is 0.0738. The third kappa shape index (κ3) is 9.20. The molecule has 0 aliphatic heterocycles. The summed E-state index contributed by atoms with van der Waals surface area (Å²) in [5, 5.41) is 13.5. The van der Waals surface area contributed by atoms with E-state index in [-0.39, 0.29) is 30.9 Å². The fraction of sp³-hybridized carbons (Fsp3) is 0.268. The third-order valence-corrected chi connectivity index (χ3v) is 15.8. The molecule has 0 saturated heterocycles. The Morgan fingerprint density at radius 2 is 1.59 bits per heavy atom. The molecule has 1 N–H and O–H groups in total. The Kier molecular flexibility index (Phi) is 12.6. The lowest BCUT2D eigenvalue weighted by molar-refractivity contribution is -0.138. The van der Waals surface area contributed by atoms with Crippen molar-refractivity contribution in [2.45, 2.75) is 58.1 Å². The number of pyridine rings is 1. The van der Waals surface area contributed by atoms with Gasteiger partial charge in [0, 0.05) is 11.7 Å². The Hall–Kier alpha value is -4.16. The van der Waals surface area contributed by atoms with Crippen LogP contribution in [0.15, 0.2) is 109 Å². The number of hydrogen-bond donors (Lipinski definition) is 1. The van der Waals surface area contributed by atoms with Crippen LogP contribution in [0.5, 0.6) is 0 Å². The predicted molar refractivity (Wildman–Crippen MR) is 208 cm³/mol. The van der Waals surface area contributed by atoms with Gasteiger partial charge in [-0.25, -0.2) is 4.39 Å². The molecular weight excluding hydrogens is 697 g/mol. The summed E-state index contributed by atoms with van der Waals surface area (Å²) in [6.45, 7) is 10.3. The van der Waals surface area contributed by atoms with E-state index in [0.717, 1.165) is 37.8 Å². The van der Waals surface area contributed by atoms with E-state index in [2.05, 4.69) is 32.6 Å². The van der Waals surface area contributed by atoms with E-state index in [1.165, 1.54) is 12.1 Å². The van der Waals surface area contributed by atoms with Gasteiger partial charge in [-0.1, -0.05) is 125 Å². The maximum Gasteiger partial charge on any atom is 0.305 e. The topological polar surface area (TPSA) is 85.7 Å². The molecule has 0 fully saturated rings. The van der Waals surface area contributed by atoms with Crippen molar-refractivity contribution in [3.63, 3.8) is 0 Å². The SMILES string of the molecule is CC(C)c1nc(-c2cccs2)cc(-c2ccc(F)cc2)c1C#CCO[PH](=O)C[C@H](CC(=O)O)O[Si](c1ccccc1)(c1ccccc1)C(C)(C)C. The molecule has 1 unspecified atom stereocenters. The fourth-order valence-corrected chi connectivity index (χ4v) is 12.8. The maximum absolute atomic E-state index is 13.9. The molecule has 6 nitrogen and oxygen atoms in total. The second-order valence-electron chi connectivity index (χ2n) is 13.6. The molecule has 264 valence electrons. The number of carboxylic acids is 1. The summed E-state index contributed by atoms with van der Waals surface area (Å²) < 4.78 is 40.2. The summed E-state index contributed by atoms with van der Waals surface area (Å²) in [5.41, 5.74) is 3.91. The largest absolute Gasteiger partial charge is 0.481 e. The van der Waals surface area contributed by atoms with Gasteiger partial charge in [-0.15, -0.1) is 11.3 Å². The minimum atomic E-state index is -3.11. The molecule has 5 aromatic rings. The van der Waals surface area contributed by atoms with Gasteiger partial charge in [-0.2, -0.15) is 0 Å². The normalized spacial score (nSPS) is 13.0. The van der Waals surface area contributed by atoms with Crippen molar-refractivity contribution >= 4 is 44.0 Å². The molecule has 0 aliphatic carbocycles. The maximum atomic E-state index is 13.9. The molecule has 3 aromatic carbocycles. The van der Waals surface area contributed by atoms with E-state index >= 15 is 0 Å². The van der Waals surface area contributed by atoms with Crippen LogP contribution in [-0.4, -0.2) is 43.2 Å². The number of aliphatic carboxylic acids is 1. The molecule has 2 atom stereocenters. The molecular formula is C41H43FNO5PSSi. The lowest BCUT2D eigenvalue weighted by Crippen LogP contribution is -2.68. The molecule has 0 saturated carbocycles. The standard InChI is InChI=1S/C41H43FNO5PSSi/c1-29(2)40-35(36(30-20-22-31(42)23-21-30)27-37(43-40)38-19-13-25-50-38)18-12-24-47-49(46)28-32(26-39(44)45)48-51(41(3,4)5,33-14-8-6-9-15-33)34-16-10-7-11-17-34/h6-11,13-17,19-23,25,27,29,32,49H,24,26,28H2,1-5H3,(H,44,45)/t32-/m0/s1.